The van der Waals surface area contributed by atoms with E-state index in [1.165, 1.54) is 12.1 Å². The molecule has 5 rings (SSSR count). The Morgan fingerprint density at radius 3 is 2.77 bits per heavy atom. The number of benzene rings is 2. The summed E-state index contributed by atoms with van der Waals surface area (Å²) in [6.45, 7) is 0.549. The van der Waals surface area contributed by atoms with Crippen LogP contribution in [0.1, 0.15) is 35.2 Å². The Kier molecular flexibility index (Phi) is 3.34. The fourth-order valence-electron chi connectivity index (χ4n) is 4.88. The summed E-state index contributed by atoms with van der Waals surface area (Å²) < 4.78 is 26.8. The van der Waals surface area contributed by atoms with E-state index in [0.717, 1.165) is 30.5 Å². The molecule has 2 N–H and O–H groups in total. The average molecular weight is 355 g/mol. The predicted octanol–water partition coefficient (Wildman–Crippen LogP) is 3.25. The van der Waals surface area contributed by atoms with Gasteiger partial charge in [0.25, 0.3) is 5.91 Å². The summed E-state index contributed by atoms with van der Waals surface area (Å²) in [6, 6.07) is 12.0. The lowest BCUT2D eigenvalue weighted by atomic mass is 9.86. The maximum Gasteiger partial charge on any atom is 0.255 e. The van der Waals surface area contributed by atoms with E-state index in [1.807, 2.05) is 24.3 Å². The van der Waals surface area contributed by atoms with Crippen molar-refractivity contribution in [3.05, 3.63) is 65.2 Å². The van der Waals surface area contributed by atoms with Crippen molar-refractivity contribution >= 4 is 11.6 Å². The summed E-state index contributed by atoms with van der Waals surface area (Å²) in [4.78, 5) is 14.9. The normalized spacial score (nSPS) is 29.5. The van der Waals surface area contributed by atoms with Crippen molar-refractivity contribution in [1.82, 2.24) is 10.2 Å². The summed E-state index contributed by atoms with van der Waals surface area (Å²) in [5.41, 5.74) is 1.78. The number of nitrogens with one attached hydrogen (secondary N) is 2. The Balaban J connectivity index is 1.44. The van der Waals surface area contributed by atoms with E-state index in [4.69, 9.17) is 0 Å². The SMILES string of the molecule is O=C1N[C@@]2(C[C@H]3CC[C@H]2N3Cc2ccc(F)c(F)c2)Nc2ccccc21. The molecule has 134 valence electrons. The highest BCUT2D eigenvalue weighted by Gasteiger charge is 2.58. The van der Waals surface area contributed by atoms with Crippen LogP contribution >= 0.6 is 0 Å². The number of hydrogen-bond acceptors (Lipinski definition) is 3. The average Bonchev–Trinajstić information content (AvgIpc) is 3.12. The molecule has 1 amide bonds. The zero-order valence-electron chi connectivity index (χ0n) is 14.1. The van der Waals surface area contributed by atoms with Gasteiger partial charge in [-0.15, -0.1) is 0 Å². The third kappa shape index (κ3) is 2.25. The molecule has 26 heavy (non-hydrogen) atoms. The first-order valence-corrected chi connectivity index (χ1v) is 8.95. The standard InChI is InChI=1S/C20H19F2N3O/c21-15-7-5-12(9-16(15)22)11-25-13-6-8-18(25)20(10-13)23-17-4-2-1-3-14(17)19(26)24-20/h1-5,7,9,13,18,23H,6,8,10-11H2,(H,24,26)/t13-,18-,20-/m1/s1. The number of hydrogen-bond donors (Lipinski definition) is 2. The van der Waals surface area contributed by atoms with E-state index >= 15 is 0 Å². The molecule has 0 unspecified atom stereocenters. The third-order valence-corrected chi connectivity index (χ3v) is 5.98. The van der Waals surface area contributed by atoms with Crippen molar-refractivity contribution in [2.45, 2.75) is 43.6 Å². The number of carbonyl (C=O) groups excluding carboxylic acids is 1. The first kappa shape index (κ1) is 15.8. The van der Waals surface area contributed by atoms with Gasteiger partial charge in [-0.1, -0.05) is 18.2 Å². The summed E-state index contributed by atoms with van der Waals surface area (Å²) >= 11 is 0. The number of anilines is 1. The quantitative estimate of drug-likeness (QED) is 0.869. The lowest BCUT2D eigenvalue weighted by Crippen LogP contribution is -2.64. The predicted molar refractivity (Wildman–Crippen MR) is 93.6 cm³/mol. The summed E-state index contributed by atoms with van der Waals surface area (Å²) in [5, 5.41) is 6.75. The van der Waals surface area contributed by atoms with Crippen LogP contribution in [0.2, 0.25) is 0 Å². The van der Waals surface area contributed by atoms with Gasteiger partial charge in [-0.25, -0.2) is 8.78 Å². The molecular formula is C20H19F2N3O. The van der Waals surface area contributed by atoms with E-state index in [2.05, 4.69) is 15.5 Å². The van der Waals surface area contributed by atoms with E-state index in [0.29, 0.717) is 18.2 Å². The van der Waals surface area contributed by atoms with Crippen LogP contribution in [-0.4, -0.2) is 28.6 Å². The summed E-state index contributed by atoms with van der Waals surface area (Å²) in [6.07, 6.45) is 2.82. The molecule has 3 heterocycles. The number of carbonyl (C=O) groups is 1. The van der Waals surface area contributed by atoms with Gasteiger partial charge in [0.1, 0.15) is 5.66 Å². The molecule has 6 heteroatoms. The van der Waals surface area contributed by atoms with Gasteiger partial charge >= 0.3 is 0 Å². The van der Waals surface area contributed by atoms with Crippen LogP contribution in [0.3, 0.4) is 0 Å². The second kappa shape index (κ2) is 5.51. The fraction of sp³-hybridized carbons (Fsp3) is 0.350. The largest absolute Gasteiger partial charge is 0.361 e. The zero-order chi connectivity index (χ0) is 17.9. The van der Waals surface area contributed by atoms with Gasteiger partial charge in [0.15, 0.2) is 11.6 Å². The Morgan fingerprint density at radius 1 is 1.08 bits per heavy atom. The molecule has 1 spiro atoms. The molecule has 2 fully saturated rings. The van der Waals surface area contributed by atoms with Gasteiger partial charge in [0.2, 0.25) is 0 Å². The second-order valence-corrected chi connectivity index (χ2v) is 7.47. The molecule has 0 aliphatic carbocycles. The number of para-hydroxylation sites is 1. The van der Waals surface area contributed by atoms with E-state index in [-0.39, 0.29) is 11.9 Å². The molecule has 0 radical (unpaired) electrons. The van der Waals surface area contributed by atoms with Crippen LogP contribution in [-0.2, 0) is 6.54 Å². The fourth-order valence-corrected chi connectivity index (χ4v) is 4.88. The van der Waals surface area contributed by atoms with Crippen LogP contribution in [0.5, 0.6) is 0 Å². The minimum absolute atomic E-state index is 0.0559. The number of halogens is 2. The lowest BCUT2D eigenvalue weighted by Gasteiger charge is -2.43. The number of nitrogens with zero attached hydrogens (tertiary/aromatic N) is 1. The second-order valence-electron chi connectivity index (χ2n) is 7.47. The summed E-state index contributed by atoms with van der Waals surface area (Å²) in [5.74, 6) is -1.70. The maximum absolute atomic E-state index is 13.6. The highest BCUT2D eigenvalue weighted by molar-refractivity contribution is 6.02. The van der Waals surface area contributed by atoms with Crippen LogP contribution in [0.4, 0.5) is 14.5 Å². The molecule has 3 atom stereocenters. The maximum atomic E-state index is 13.6. The Morgan fingerprint density at radius 2 is 1.92 bits per heavy atom. The van der Waals surface area contributed by atoms with Crippen molar-refractivity contribution < 1.29 is 13.6 Å². The molecule has 3 aliphatic rings. The molecule has 2 aromatic rings. The molecule has 3 aliphatic heterocycles. The molecule has 2 bridgehead atoms. The van der Waals surface area contributed by atoms with Gasteiger partial charge < -0.3 is 10.6 Å². The first-order chi connectivity index (χ1) is 12.6. The van der Waals surface area contributed by atoms with Gasteiger partial charge in [-0.05, 0) is 42.7 Å². The lowest BCUT2D eigenvalue weighted by molar-refractivity contribution is 0.0870. The number of rotatable bonds is 2. The van der Waals surface area contributed by atoms with Crippen LogP contribution < -0.4 is 10.6 Å². The van der Waals surface area contributed by atoms with Crippen molar-refractivity contribution in [1.29, 1.82) is 0 Å². The van der Waals surface area contributed by atoms with Gasteiger partial charge in [-0.2, -0.15) is 0 Å². The highest BCUT2D eigenvalue weighted by Crippen LogP contribution is 2.47. The van der Waals surface area contributed by atoms with Gasteiger partial charge in [-0.3, -0.25) is 9.69 Å². The minimum Gasteiger partial charge on any atom is -0.361 e. The number of amides is 1. The zero-order valence-corrected chi connectivity index (χ0v) is 14.1. The molecule has 2 saturated heterocycles. The van der Waals surface area contributed by atoms with Crippen molar-refractivity contribution in [3.8, 4) is 0 Å². The topological polar surface area (TPSA) is 44.4 Å². The van der Waals surface area contributed by atoms with E-state index < -0.39 is 17.3 Å². The van der Waals surface area contributed by atoms with Crippen molar-refractivity contribution in [2.75, 3.05) is 5.32 Å². The van der Waals surface area contributed by atoms with Crippen LogP contribution in [0.25, 0.3) is 0 Å². The molecule has 2 aromatic carbocycles. The molecule has 4 nitrogen and oxygen atoms in total. The van der Waals surface area contributed by atoms with E-state index in [9.17, 15) is 13.6 Å². The first-order valence-electron chi connectivity index (χ1n) is 8.95. The van der Waals surface area contributed by atoms with Crippen molar-refractivity contribution in [2.24, 2.45) is 0 Å². The Bertz CT molecular complexity index is 902. The molecule has 0 saturated carbocycles. The smallest absolute Gasteiger partial charge is 0.255 e. The highest BCUT2D eigenvalue weighted by atomic mass is 19.2. The van der Waals surface area contributed by atoms with Crippen molar-refractivity contribution in [3.63, 3.8) is 0 Å². The summed E-state index contributed by atoms with van der Waals surface area (Å²) in [7, 11) is 0. The minimum atomic E-state index is -0.826. The molecular weight excluding hydrogens is 336 g/mol. The van der Waals surface area contributed by atoms with Gasteiger partial charge in [0, 0.05) is 24.7 Å². The number of fused-ring (bicyclic) bond motifs is 4. The Labute approximate surface area is 150 Å². The van der Waals surface area contributed by atoms with Gasteiger partial charge in [0.05, 0.1) is 11.6 Å². The third-order valence-electron chi connectivity index (χ3n) is 5.98. The molecule has 0 aromatic heterocycles. The van der Waals surface area contributed by atoms with Crippen LogP contribution in [0.15, 0.2) is 42.5 Å². The van der Waals surface area contributed by atoms with E-state index in [1.54, 1.807) is 6.07 Å². The van der Waals surface area contributed by atoms with Crippen LogP contribution in [0, 0.1) is 11.6 Å². The monoisotopic (exact) mass is 355 g/mol. The Hall–Kier alpha value is -2.47.